The van der Waals surface area contributed by atoms with Crippen LogP contribution in [0.15, 0.2) is 0 Å². The van der Waals surface area contributed by atoms with Crippen LogP contribution in [0.5, 0.6) is 0 Å². The minimum absolute atomic E-state index is 0.406. The summed E-state index contributed by atoms with van der Waals surface area (Å²) in [6, 6.07) is 0. The first-order chi connectivity index (χ1) is 7.04. The fraction of sp³-hybridized carbons (Fsp3) is 0.778. The summed E-state index contributed by atoms with van der Waals surface area (Å²) in [5.41, 5.74) is 0. The first-order valence-electron chi connectivity index (χ1n) is 4.75. The van der Waals surface area contributed by atoms with Crippen molar-refractivity contribution in [1.82, 2.24) is 5.06 Å². The second kappa shape index (κ2) is 4.97. The number of carbonyl (C=O) groups is 2. The maximum atomic E-state index is 11.6. The third-order valence-electron chi connectivity index (χ3n) is 2.35. The van der Waals surface area contributed by atoms with Crippen LogP contribution in [-0.2, 0) is 14.4 Å². The minimum Gasteiger partial charge on any atom is -0.450 e. The van der Waals surface area contributed by atoms with Gasteiger partial charge in [0.05, 0.1) is 7.11 Å². The standard InChI is InChI=1S/C9H15NO5/c1-10(14-2)8(11)7(15-9(12)13)5-6-3-4-6/h6-7H,3-5H2,1-2H3,(H,12,13). The molecule has 15 heavy (non-hydrogen) atoms. The molecular formula is C9H15NO5. The Morgan fingerprint density at radius 2 is 2.13 bits per heavy atom. The number of hydrogen-bond donors (Lipinski definition) is 1. The Morgan fingerprint density at radius 3 is 2.53 bits per heavy atom. The van der Waals surface area contributed by atoms with E-state index in [0.717, 1.165) is 17.9 Å². The molecule has 6 heteroatoms. The third kappa shape index (κ3) is 3.75. The third-order valence-corrected chi connectivity index (χ3v) is 2.35. The van der Waals surface area contributed by atoms with Gasteiger partial charge < -0.3 is 9.84 Å². The zero-order valence-corrected chi connectivity index (χ0v) is 8.80. The second-order valence-corrected chi connectivity index (χ2v) is 3.57. The van der Waals surface area contributed by atoms with Gasteiger partial charge in [-0.15, -0.1) is 0 Å². The van der Waals surface area contributed by atoms with Gasteiger partial charge in [0.2, 0.25) is 0 Å². The highest BCUT2D eigenvalue weighted by Gasteiger charge is 2.33. The fourth-order valence-corrected chi connectivity index (χ4v) is 1.27. The van der Waals surface area contributed by atoms with Crippen molar-refractivity contribution in [2.75, 3.05) is 14.2 Å². The summed E-state index contributed by atoms with van der Waals surface area (Å²) in [5, 5.41) is 9.47. The molecule has 1 aliphatic carbocycles. The van der Waals surface area contributed by atoms with E-state index in [4.69, 9.17) is 5.11 Å². The molecule has 0 aromatic heterocycles. The molecule has 0 bridgehead atoms. The highest BCUT2D eigenvalue weighted by Crippen LogP contribution is 2.34. The lowest BCUT2D eigenvalue weighted by molar-refractivity contribution is -0.179. The number of nitrogens with zero attached hydrogens (tertiary/aromatic N) is 1. The summed E-state index contributed by atoms with van der Waals surface area (Å²) in [4.78, 5) is 26.7. The number of carbonyl (C=O) groups excluding carboxylic acids is 1. The van der Waals surface area contributed by atoms with Crippen LogP contribution in [0, 0.1) is 5.92 Å². The van der Waals surface area contributed by atoms with Gasteiger partial charge in [-0.3, -0.25) is 9.63 Å². The normalized spacial score (nSPS) is 16.9. The molecule has 6 nitrogen and oxygen atoms in total. The quantitative estimate of drug-likeness (QED) is 0.546. The number of carboxylic acid groups (broad SMARTS) is 1. The first kappa shape index (κ1) is 11.8. The summed E-state index contributed by atoms with van der Waals surface area (Å²) in [7, 11) is 2.76. The molecule has 0 aromatic carbocycles. The Bertz CT molecular complexity index is 251. The minimum atomic E-state index is -1.43. The summed E-state index contributed by atoms with van der Waals surface area (Å²) >= 11 is 0. The number of ether oxygens (including phenoxy) is 1. The van der Waals surface area contributed by atoms with Gasteiger partial charge in [-0.25, -0.2) is 9.86 Å². The van der Waals surface area contributed by atoms with Gasteiger partial charge in [-0.05, 0) is 12.3 Å². The number of amides is 1. The maximum Gasteiger partial charge on any atom is 0.506 e. The molecule has 0 radical (unpaired) electrons. The smallest absolute Gasteiger partial charge is 0.450 e. The predicted molar refractivity (Wildman–Crippen MR) is 50.0 cm³/mol. The molecular weight excluding hydrogens is 202 g/mol. The zero-order valence-electron chi connectivity index (χ0n) is 8.80. The van der Waals surface area contributed by atoms with E-state index in [0.29, 0.717) is 12.3 Å². The lowest BCUT2D eigenvalue weighted by atomic mass is 10.1. The number of likely N-dealkylation sites (N-methyl/N-ethyl adjacent to an activating group) is 1. The SMILES string of the molecule is CON(C)C(=O)C(CC1CC1)OC(=O)O. The topological polar surface area (TPSA) is 76.1 Å². The van der Waals surface area contributed by atoms with Gasteiger partial charge in [-0.2, -0.15) is 0 Å². The van der Waals surface area contributed by atoms with Crippen molar-refractivity contribution in [1.29, 1.82) is 0 Å². The van der Waals surface area contributed by atoms with Crippen molar-refractivity contribution in [3.63, 3.8) is 0 Å². The highest BCUT2D eigenvalue weighted by molar-refractivity contribution is 5.81. The van der Waals surface area contributed by atoms with Gasteiger partial charge in [0.15, 0.2) is 6.10 Å². The van der Waals surface area contributed by atoms with E-state index in [-0.39, 0.29) is 0 Å². The molecule has 0 spiro atoms. The van der Waals surface area contributed by atoms with Crippen molar-refractivity contribution in [3.8, 4) is 0 Å². The molecule has 1 atom stereocenters. The average molecular weight is 217 g/mol. The van der Waals surface area contributed by atoms with Crippen LogP contribution in [0.3, 0.4) is 0 Å². The summed E-state index contributed by atoms with van der Waals surface area (Å²) in [6.45, 7) is 0. The largest absolute Gasteiger partial charge is 0.506 e. The lowest BCUT2D eigenvalue weighted by Crippen LogP contribution is -2.38. The Hall–Kier alpha value is -1.30. The van der Waals surface area contributed by atoms with Crippen LogP contribution in [-0.4, -0.2) is 42.5 Å². The van der Waals surface area contributed by atoms with Crippen LogP contribution in [0.1, 0.15) is 19.3 Å². The number of rotatable bonds is 5. The van der Waals surface area contributed by atoms with Crippen molar-refractivity contribution >= 4 is 12.1 Å². The van der Waals surface area contributed by atoms with Gasteiger partial charge in [0.25, 0.3) is 5.91 Å². The van der Waals surface area contributed by atoms with Gasteiger partial charge in [0.1, 0.15) is 0 Å². The second-order valence-electron chi connectivity index (χ2n) is 3.57. The summed E-state index contributed by atoms with van der Waals surface area (Å²) in [6.07, 6.45) is 0.129. The maximum absolute atomic E-state index is 11.6. The Balaban J connectivity index is 2.52. The van der Waals surface area contributed by atoms with E-state index in [2.05, 4.69) is 9.57 Å². The zero-order chi connectivity index (χ0) is 11.4. The van der Waals surface area contributed by atoms with E-state index >= 15 is 0 Å². The van der Waals surface area contributed by atoms with Crippen molar-refractivity contribution in [3.05, 3.63) is 0 Å². The van der Waals surface area contributed by atoms with Crippen LogP contribution in [0.2, 0.25) is 0 Å². The lowest BCUT2D eigenvalue weighted by Gasteiger charge is -2.20. The Morgan fingerprint density at radius 1 is 1.53 bits per heavy atom. The molecule has 1 rings (SSSR count). The molecule has 1 N–H and O–H groups in total. The molecule has 86 valence electrons. The van der Waals surface area contributed by atoms with Crippen LogP contribution in [0.4, 0.5) is 4.79 Å². The number of hydrogen-bond acceptors (Lipinski definition) is 4. The van der Waals surface area contributed by atoms with E-state index < -0.39 is 18.2 Å². The van der Waals surface area contributed by atoms with E-state index in [1.165, 1.54) is 14.2 Å². The fourth-order valence-electron chi connectivity index (χ4n) is 1.27. The van der Waals surface area contributed by atoms with E-state index in [1.54, 1.807) is 0 Å². The Kier molecular flexibility index (Phi) is 3.90. The molecule has 1 aliphatic rings. The van der Waals surface area contributed by atoms with Gasteiger partial charge >= 0.3 is 6.16 Å². The summed E-state index contributed by atoms with van der Waals surface area (Å²) < 4.78 is 4.53. The van der Waals surface area contributed by atoms with Crippen molar-refractivity contribution in [2.45, 2.75) is 25.4 Å². The Labute approximate surface area is 87.7 Å². The molecule has 0 aromatic rings. The van der Waals surface area contributed by atoms with Crippen molar-refractivity contribution < 1.29 is 24.3 Å². The highest BCUT2D eigenvalue weighted by atomic mass is 16.7. The number of hydroxylamine groups is 2. The van der Waals surface area contributed by atoms with Crippen LogP contribution in [0.25, 0.3) is 0 Å². The van der Waals surface area contributed by atoms with E-state index in [9.17, 15) is 9.59 Å². The molecule has 1 saturated carbocycles. The molecule has 0 saturated heterocycles. The molecule has 1 unspecified atom stereocenters. The van der Waals surface area contributed by atoms with Crippen molar-refractivity contribution in [2.24, 2.45) is 5.92 Å². The van der Waals surface area contributed by atoms with Gasteiger partial charge in [0, 0.05) is 7.05 Å². The molecule has 0 aliphatic heterocycles. The average Bonchev–Trinajstić information content (AvgIpc) is 2.97. The molecule has 0 heterocycles. The molecule has 1 fully saturated rings. The van der Waals surface area contributed by atoms with E-state index in [1.807, 2.05) is 0 Å². The van der Waals surface area contributed by atoms with Crippen LogP contribution >= 0.6 is 0 Å². The monoisotopic (exact) mass is 217 g/mol. The molecule has 1 amide bonds. The predicted octanol–water partition coefficient (Wildman–Crippen LogP) is 0.869. The van der Waals surface area contributed by atoms with Gasteiger partial charge in [-0.1, -0.05) is 12.8 Å². The summed E-state index contributed by atoms with van der Waals surface area (Å²) in [5.74, 6) is -0.0599. The first-order valence-corrected chi connectivity index (χ1v) is 4.75. The van der Waals surface area contributed by atoms with Crippen LogP contribution < -0.4 is 0 Å².